The van der Waals surface area contributed by atoms with Gasteiger partial charge in [0.1, 0.15) is 0 Å². The zero-order valence-corrected chi connectivity index (χ0v) is 14.8. The number of hydrogen-bond donors (Lipinski definition) is 4. The molecule has 0 radical (unpaired) electrons. The molecule has 0 bridgehead atoms. The fourth-order valence-electron chi connectivity index (χ4n) is 2.39. The van der Waals surface area contributed by atoms with E-state index in [1.807, 2.05) is 6.92 Å². The normalized spacial score (nSPS) is 12.5. The summed E-state index contributed by atoms with van der Waals surface area (Å²) in [6, 6.07) is 3.89. The van der Waals surface area contributed by atoms with Crippen molar-refractivity contribution < 1.29 is 18.9 Å². The molecule has 7 nitrogen and oxygen atoms in total. The van der Waals surface area contributed by atoms with E-state index in [2.05, 4.69) is 25.3 Å². The maximum absolute atomic E-state index is 13.8. The summed E-state index contributed by atoms with van der Waals surface area (Å²) >= 11 is 1.21. The Kier molecular flexibility index (Phi) is 5.52. The number of aliphatic hydroxyl groups excluding tert-OH is 1. The van der Waals surface area contributed by atoms with E-state index in [4.69, 9.17) is 5.73 Å². The summed E-state index contributed by atoms with van der Waals surface area (Å²) in [4.78, 5) is 14.5. The van der Waals surface area contributed by atoms with Gasteiger partial charge in [-0.05, 0) is 24.2 Å². The molecular weight excluding hydrogens is 362 g/mol. The van der Waals surface area contributed by atoms with Crippen molar-refractivity contribution in [3.63, 3.8) is 0 Å². The number of nitrogens with two attached hydrogens (primary N) is 1. The molecule has 0 saturated heterocycles. The fraction of sp³-hybridized carbons (Fsp3) is 0.312. The third-order valence-corrected chi connectivity index (χ3v) is 4.77. The number of thioether (sulfide) groups is 1. The zero-order valence-electron chi connectivity index (χ0n) is 14.0. The largest absolute Gasteiger partial charge is 0.393 e. The van der Waals surface area contributed by atoms with Gasteiger partial charge in [-0.2, -0.15) is 4.98 Å². The molecule has 0 fully saturated rings. The monoisotopic (exact) mass is 381 g/mol. The van der Waals surface area contributed by atoms with E-state index < -0.39 is 11.6 Å². The number of hydrogen-bond acceptors (Lipinski definition) is 6. The minimum absolute atomic E-state index is 0.0469. The summed E-state index contributed by atoms with van der Waals surface area (Å²) in [5.74, 6) is -0.780. The van der Waals surface area contributed by atoms with Crippen LogP contribution in [0.25, 0.3) is 11.2 Å². The van der Waals surface area contributed by atoms with Gasteiger partial charge in [-0.25, -0.2) is 13.8 Å². The third kappa shape index (κ3) is 3.86. The molecule has 10 heteroatoms. The van der Waals surface area contributed by atoms with Crippen LogP contribution in [0.5, 0.6) is 0 Å². The van der Waals surface area contributed by atoms with Crippen molar-refractivity contribution in [2.45, 2.75) is 30.3 Å². The number of aromatic nitrogens is 4. The average Bonchev–Trinajstić information content (AvgIpc) is 3.01. The highest BCUT2D eigenvalue weighted by atomic mass is 32.2. The van der Waals surface area contributed by atoms with E-state index in [0.29, 0.717) is 28.6 Å². The molecular formula is C16H19F2N6OS+. The lowest BCUT2D eigenvalue weighted by atomic mass is 10.2. The molecule has 0 amide bonds. The maximum Gasteiger partial charge on any atom is 0.299 e. The van der Waals surface area contributed by atoms with E-state index in [9.17, 15) is 13.9 Å². The predicted molar refractivity (Wildman–Crippen MR) is 95.6 cm³/mol. The standard InChI is InChI=1S/C16H18F2N6OS/c1-2-9(6-25)20-13-12-14(22-15(19)21-12)24-16(23-13)26-7-8-4-3-5-10(17)11(8)18/h3-5,9,25H,2,6-7H2,1H3,(H4,19,20,21,22,23,24)/p+1. The number of rotatable bonds is 7. The van der Waals surface area contributed by atoms with Crippen molar-refractivity contribution in [1.82, 2.24) is 15.0 Å². The molecule has 0 aliphatic rings. The molecule has 1 aromatic carbocycles. The summed E-state index contributed by atoms with van der Waals surface area (Å²) in [7, 11) is 0. The van der Waals surface area contributed by atoms with Gasteiger partial charge in [0.25, 0.3) is 10.8 Å². The zero-order chi connectivity index (χ0) is 18.7. The Balaban J connectivity index is 1.89. The summed E-state index contributed by atoms with van der Waals surface area (Å²) < 4.78 is 27.1. The second-order valence-corrected chi connectivity index (χ2v) is 6.64. The number of fused-ring (bicyclic) bond motifs is 1. The lowest BCUT2D eigenvalue weighted by molar-refractivity contribution is -0.416. The third-order valence-electron chi connectivity index (χ3n) is 3.85. The van der Waals surface area contributed by atoms with Crippen molar-refractivity contribution in [1.29, 1.82) is 0 Å². The second kappa shape index (κ2) is 7.83. The summed E-state index contributed by atoms with van der Waals surface area (Å²) in [6.45, 7) is 1.89. The smallest absolute Gasteiger partial charge is 0.299 e. The van der Waals surface area contributed by atoms with Gasteiger partial charge in [-0.3, -0.25) is 5.32 Å². The van der Waals surface area contributed by atoms with E-state index in [-0.39, 0.29) is 29.9 Å². The first kappa shape index (κ1) is 18.3. The molecule has 0 spiro atoms. The van der Waals surface area contributed by atoms with Crippen LogP contribution in [-0.2, 0) is 5.75 Å². The van der Waals surface area contributed by atoms with E-state index in [1.54, 1.807) is 0 Å². The van der Waals surface area contributed by atoms with Crippen molar-refractivity contribution in [3.8, 4) is 0 Å². The Morgan fingerprint density at radius 3 is 2.92 bits per heavy atom. The van der Waals surface area contributed by atoms with Crippen LogP contribution in [0.4, 0.5) is 20.5 Å². The Labute approximate surface area is 152 Å². The van der Waals surface area contributed by atoms with Crippen LogP contribution >= 0.6 is 11.8 Å². The minimum atomic E-state index is -0.883. The quantitative estimate of drug-likeness (QED) is 0.368. The van der Waals surface area contributed by atoms with Crippen LogP contribution in [0.2, 0.25) is 0 Å². The molecule has 3 aromatic rings. The van der Waals surface area contributed by atoms with Crippen molar-refractivity contribution in [3.05, 3.63) is 35.4 Å². The molecule has 1 atom stereocenters. The highest BCUT2D eigenvalue weighted by Gasteiger charge is 2.21. The molecule has 0 aliphatic heterocycles. The van der Waals surface area contributed by atoms with Crippen LogP contribution in [0, 0.1) is 11.6 Å². The van der Waals surface area contributed by atoms with Crippen LogP contribution in [0.15, 0.2) is 23.4 Å². The fourth-order valence-corrected chi connectivity index (χ4v) is 3.23. The molecule has 3 rings (SSSR count). The highest BCUT2D eigenvalue weighted by molar-refractivity contribution is 7.98. The number of benzene rings is 1. The number of aromatic amines is 2. The topological polar surface area (TPSA) is 114 Å². The Morgan fingerprint density at radius 2 is 2.19 bits per heavy atom. The maximum atomic E-state index is 13.8. The van der Waals surface area contributed by atoms with Gasteiger partial charge in [-0.15, -0.1) is 0 Å². The lowest BCUT2D eigenvalue weighted by Crippen LogP contribution is -2.28. The Hall–Kier alpha value is -2.46. The number of anilines is 2. The van der Waals surface area contributed by atoms with Crippen LogP contribution < -0.4 is 16.0 Å². The molecule has 0 aliphatic carbocycles. The molecule has 2 aromatic heterocycles. The molecule has 2 heterocycles. The van der Waals surface area contributed by atoms with Crippen molar-refractivity contribution in [2.24, 2.45) is 0 Å². The van der Waals surface area contributed by atoms with E-state index in [1.165, 1.54) is 23.9 Å². The summed E-state index contributed by atoms with van der Waals surface area (Å²) in [5, 5.41) is 13.1. The molecule has 138 valence electrons. The number of nitrogen functional groups attached to an aromatic ring is 1. The molecule has 6 N–H and O–H groups in total. The van der Waals surface area contributed by atoms with Crippen LogP contribution in [0.1, 0.15) is 18.9 Å². The van der Waals surface area contributed by atoms with Gasteiger partial charge in [0.05, 0.1) is 12.6 Å². The summed E-state index contributed by atoms with van der Waals surface area (Å²) in [6.07, 6.45) is 0.703. The van der Waals surface area contributed by atoms with Crippen molar-refractivity contribution in [2.75, 3.05) is 17.7 Å². The first-order chi connectivity index (χ1) is 12.5. The van der Waals surface area contributed by atoms with Gasteiger partial charge >= 0.3 is 0 Å². The van der Waals surface area contributed by atoms with Gasteiger partial charge in [-0.1, -0.05) is 24.0 Å². The SMILES string of the molecule is CCC(CO)Nc1[nH+]c(SCc2cccc(F)c2F)nc2nc(N)[nH]c12. The van der Waals surface area contributed by atoms with Crippen LogP contribution in [-0.4, -0.2) is 32.7 Å². The van der Waals surface area contributed by atoms with Gasteiger partial charge < -0.3 is 15.8 Å². The number of halogens is 2. The van der Waals surface area contributed by atoms with Gasteiger partial charge in [0, 0.05) is 11.3 Å². The summed E-state index contributed by atoms with van der Waals surface area (Å²) in [5.41, 5.74) is 6.92. The number of aliphatic hydroxyl groups is 1. The molecule has 26 heavy (non-hydrogen) atoms. The first-order valence-electron chi connectivity index (χ1n) is 8.03. The van der Waals surface area contributed by atoms with Gasteiger partial charge in [0.2, 0.25) is 11.8 Å². The first-order valence-corrected chi connectivity index (χ1v) is 9.02. The Bertz CT molecular complexity index is 915. The van der Waals surface area contributed by atoms with E-state index >= 15 is 0 Å². The van der Waals surface area contributed by atoms with Crippen LogP contribution in [0.3, 0.4) is 0 Å². The molecule has 0 saturated carbocycles. The number of imidazole rings is 1. The lowest BCUT2D eigenvalue weighted by Gasteiger charge is -2.11. The predicted octanol–water partition coefficient (Wildman–Crippen LogP) is 2.11. The Morgan fingerprint density at radius 1 is 1.38 bits per heavy atom. The molecule has 1 unspecified atom stereocenters. The number of nitrogens with zero attached hydrogens (tertiary/aromatic N) is 2. The van der Waals surface area contributed by atoms with Crippen molar-refractivity contribution >= 4 is 34.7 Å². The highest BCUT2D eigenvalue weighted by Crippen LogP contribution is 2.24. The minimum Gasteiger partial charge on any atom is -0.393 e. The second-order valence-electron chi connectivity index (χ2n) is 5.67. The average molecular weight is 381 g/mol. The number of nitrogens with one attached hydrogen (secondary N) is 3. The number of H-pyrrole nitrogens is 2. The van der Waals surface area contributed by atoms with E-state index in [0.717, 1.165) is 6.07 Å². The van der Waals surface area contributed by atoms with Gasteiger partial charge in [0.15, 0.2) is 17.2 Å².